The molecule has 0 atom stereocenters. The normalized spacial score (nSPS) is 10.3. The molecule has 2 N–H and O–H groups in total. The van der Waals surface area contributed by atoms with Crippen LogP contribution in [0.4, 0.5) is 5.13 Å². The van der Waals surface area contributed by atoms with Crippen LogP contribution in [0.1, 0.15) is 15.2 Å². The number of carboxylic acid groups (broad SMARTS) is 1. The van der Waals surface area contributed by atoms with Crippen molar-refractivity contribution in [3.05, 3.63) is 45.4 Å². The number of hydrogen-bond acceptors (Lipinski definition) is 4. The summed E-state index contributed by atoms with van der Waals surface area (Å²) in [6.07, 6.45) is 2.23. The van der Waals surface area contributed by atoms with Crippen LogP contribution in [0.2, 0.25) is 0 Å². The van der Waals surface area contributed by atoms with Gasteiger partial charge < -0.3 is 10.4 Å². The van der Waals surface area contributed by atoms with Crippen LogP contribution in [-0.4, -0.2) is 22.6 Å². The Morgan fingerprint density at radius 3 is 3.00 bits per heavy atom. The van der Waals surface area contributed by atoms with Gasteiger partial charge in [0.15, 0.2) is 5.13 Å². The maximum atomic E-state index is 10.7. The van der Waals surface area contributed by atoms with E-state index in [4.69, 9.17) is 5.11 Å². The smallest absolute Gasteiger partial charge is 0.347 e. The van der Waals surface area contributed by atoms with Crippen molar-refractivity contribution in [2.75, 3.05) is 11.9 Å². The molecule has 4 nitrogen and oxygen atoms in total. The van der Waals surface area contributed by atoms with Crippen LogP contribution in [0.25, 0.3) is 0 Å². The number of nitrogens with zero attached hydrogens (tertiary/aromatic N) is 1. The first-order valence-corrected chi connectivity index (χ1v) is 6.93. The molecule has 0 fully saturated rings. The lowest BCUT2D eigenvalue weighted by molar-refractivity contribution is 0.0702. The summed E-state index contributed by atoms with van der Waals surface area (Å²) in [6, 6.07) is 8.09. The molecule has 1 aromatic heterocycles. The molecule has 0 amide bonds. The Balaban J connectivity index is 1.86. The zero-order valence-corrected chi connectivity index (χ0v) is 11.8. The molecule has 0 saturated heterocycles. The van der Waals surface area contributed by atoms with E-state index in [9.17, 15) is 4.79 Å². The first-order chi connectivity index (χ1) is 8.65. The number of aromatic nitrogens is 1. The van der Waals surface area contributed by atoms with Crippen molar-refractivity contribution in [1.82, 2.24) is 4.98 Å². The minimum Gasteiger partial charge on any atom is -0.477 e. The predicted octanol–water partition coefficient (Wildman–Crippen LogP) is 3.26. The molecule has 0 aliphatic heterocycles. The third kappa shape index (κ3) is 3.54. The van der Waals surface area contributed by atoms with Gasteiger partial charge in [-0.15, -0.1) is 0 Å². The SMILES string of the molecule is O=C(O)c1cnc(NCCc2cccc(Br)c2)s1. The Morgan fingerprint density at radius 2 is 2.33 bits per heavy atom. The van der Waals surface area contributed by atoms with E-state index in [1.54, 1.807) is 0 Å². The molecule has 0 radical (unpaired) electrons. The molecule has 0 spiro atoms. The van der Waals surface area contributed by atoms with Crippen molar-refractivity contribution < 1.29 is 9.90 Å². The molecule has 0 unspecified atom stereocenters. The van der Waals surface area contributed by atoms with Crippen molar-refractivity contribution in [2.24, 2.45) is 0 Å². The third-order valence-electron chi connectivity index (χ3n) is 2.30. The molecule has 2 aromatic rings. The Bertz CT molecular complexity index is 557. The number of thiazole rings is 1. The van der Waals surface area contributed by atoms with Crippen LogP contribution in [0.15, 0.2) is 34.9 Å². The molecule has 6 heteroatoms. The van der Waals surface area contributed by atoms with Crippen LogP contribution < -0.4 is 5.32 Å². The van der Waals surface area contributed by atoms with Crippen LogP contribution >= 0.6 is 27.3 Å². The number of nitrogens with one attached hydrogen (secondary N) is 1. The minimum absolute atomic E-state index is 0.250. The quantitative estimate of drug-likeness (QED) is 0.885. The number of halogens is 1. The molecule has 2 rings (SSSR count). The summed E-state index contributed by atoms with van der Waals surface area (Å²) in [6.45, 7) is 0.725. The summed E-state index contributed by atoms with van der Waals surface area (Å²) >= 11 is 4.57. The highest BCUT2D eigenvalue weighted by Gasteiger charge is 2.07. The third-order valence-corrected chi connectivity index (χ3v) is 3.73. The molecule has 0 aliphatic rings. The summed E-state index contributed by atoms with van der Waals surface area (Å²) in [7, 11) is 0. The maximum absolute atomic E-state index is 10.7. The zero-order chi connectivity index (χ0) is 13.0. The van der Waals surface area contributed by atoms with Crippen molar-refractivity contribution in [3.8, 4) is 0 Å². The molecule has 0 bridgehead atoms. The van der Waals surface area contributed by atoms with Crippen molar-refractivity contribution >= 4 is 38.4 Å². The summed E-state index contributed by atoms with van der Waals surface area (Å²) in [4.78, 5) is 14.9. The van der Waals surface area contributed by atoms with Gasteiger partial charge in [0.1, 0.15) is 4.88 Å². The van der Waals surface area contributed by atoms with Gasteiger partial charge in [0.2, 0.25) is 0 Å². The highest BCUT2D eigenvalue weighted by molar-refractivity contribution is 9.10. The lowest BCUT2D eigenvalue weighted by Gasteiger charge is -2.03. The van der Waals surface area contributed by atoms with Gasteiger partial charge in [0, 0.05) is 11.0 Å². The van der Waals surface area contributed by atoms with Crippen LogP contribution in [-0.2, 0) is 6.42 Å². The standard InChI is InChI=1S/C12H11BrN2O2S/c13-9-3-1-2-8(6-9)4-5-14-12-15-7-10(18-12)11(16)17/h1-3,6-7H,4-5H2,(H,14,15)(H,16,17). The average Bonchev–Trinajstić information content (AvgIpc) is 2.78. The second-order valence-corrected chi connectivity index (χ2v) is 5.59. The summed E-state index contributed by atoms with van der Waals surface area (Å²) in [5.74, 6) is -0.937. The predicted molar refractivity (Wildman–Crippen MR) is 75.4 cm³/mol. The number of aromatic carboxylic acids is 1. The fraction of sp³-hybridized carbons (Fsp3) is 0.167. The van der Waals surface area contributed by atoms with Gasteiger partial charge in [-0.2, -0.15) is 0 Å². The second kappa shape index (κ2) is 5.97. The van der Waals surface area contributed by atoms with E-state index in [1.165, 1.54) is 11.8 Å². The lowest BCUT2D eigenvalue weighted by atomic mass is 10.1. The Kier molecular flexibility index (Phi) is 4.33. The molecular weight excluding hydrogens is 316 g/mol. The molecular formula is C12H11BrN2O2S. The molecule has 0 saturated carbocycles. The van der Waals surface area contributed by atoms with Gasteiger partial charge in [0.25, 0.3) is 0 Å². The van der Waals surface area contributed by atoms with Crippen LogP contribution in [0.3, 0.4) is 0 Å². The summed E-state index contributed by atoms with van der Waals surface area (Å²) in [5, 5.41) is 12.5. The fourth-order valence-electron chi connectivity index (χ4n) is 1.46. The number of carboxylic acids is 1. The van der Waals surface area contributed by atoms with Crippen molar-refractivity contribution in [1.29, 1.82) is 0 Å². The largest absolute Gasteiger partial charge is 0.477 e. The molecule has 0 aliphatic carbocycles. The number of rotatable bonds is 5. The second-order valence-electron chi connectivity index (χ2n) is 3.64. The Morgan fingerprint density at radius 1 is 1.50 bits per heavy atom. The molecule has 18 heavy (non-hydrogen) atoms. The first kappa shape index (κ1) is 13.0. The van der Waals surface area contributed by atoms with Gasteiger partial charge in [-0.3, -0.25) is 0 Å². The maximum Gasteiger partial charge on any atom is 0.347 e. The van der Waals surface area contributed by atoms with Crippen molar-refractivity contribution in [2.45, 2.75) is 6.42 Å². The monoisotopic (exact) mass is 326 g/mol. The lowest BCUT2D eigenvalue weighted by Crippen LogP contribution is -2.04. The van der Waals surface area contributed by atoms with E-state index in [-0.39, 0.29) is 4.88 Å². The van der Waals surface area contributed by atoms with E-state index < -0.39 is 5.97 Å². The van der Waals surface area contributed by atoms with Gasteiger partial charge >= 0.3 is 5.97 Å². The molecule has 94 valence electrons. The van der Waals surface area contributed by atoms with Crippen LogP contribution in [0.5, 0.6) is 0 Å². The van der Waals surface area contributed by atoms with Crippen LogP contribution in [0, 0.1) is 0 Å². The van der Waals surface area contributed by atoms with Gasteiger partial charge in [0.05, 0.1) is 6.20 Å². The number of anilines is 1. The number of benzene rings is 1. The van der Waals surface area contributed by atoms with E-state index in [2.05, 4.69) is 38.4 Å². The molecule has 1 aromatic carbocycles. The van der Waals surface area contributed by atoms with Gasteiger partial charge in [-0.05, 0) is 24.1 Å². The summed E-state index contributed by atoms with van der Waals surface area (Å²) < 4.78 is 1.06. The number of hydrogen-bond donors (Lipinski definition) is 2. The zero-order valence-electron chi connectivity index (χ0n) is 9.39. The highest BCUT2D eigenvalue weighted by atomic mass is 79.9. The molecule has 1 heterocycles. The summed E-state index contributed by atoms with van der Waals surface area (Å²) in [5.41, 5.74) is 1.21. The fourth-order valence-corrected chi connectivity index (χ4v) is 2.59. The average molecular weight is 327 g/mol. The van der Waals surface area contributed by atoms with Gasteiger partial charge in [-0.1, -0.05) is 39.4 Å². The van der Waals surface area contributed by atoms with E-state index in [0.29, 0.717) is 5.13 Å². The van der Waals surface area contributed by atoms with E-state index in [0.717, 1.165) is 28.8 Å². The Hall–Kier alpha value is -1.40. The van der Waals surface area contributed by atoms with Gasteiger partial charge in [-0.25, -0.2) is 9.78 Å². The van der Waals surface area contributed by atoms with E-state index >= 15 is 0 Å². The van der Waals surface area contributed by atoms with E-state index in [1.807, 2.05) is 12.1 Å². The highest BCUT2D eigenvalue weighted by Crippen LogP contribution is 2.18. The Labute approximate surface area is 117 Å². The van der Waals surface area contributed by atoms with Crippen molar-refractivity contribution in [3.63, 3.8) is 0 Å². The number of carbonyl (C=O) groups is 1. The minimum atomic E-state index is -0.937. The topological polar surface area (TPSA) is 62.2 Å². The first-order valence-electron chi connectivity index (χ1n) is 5.32.